The van der Waals surface area contributed by atoms with Crippen molar-refractivity contribution in [1.82, 2.24) is 0 Å². The lowest BCUT2D eigenvalue weighted by atomic mass is 9.95. The summed E-state index contributed by atoms with van der Waals surface area (Å²) in [6.45, 7) is 0. The number of aromatic hydroxyl groups is 1. The number of hydrogen-bond donors (Lipinski definition) is 3. The zero-order valence-corrected chi connectivity index (χ0v) is 12.2. The van der Waals surface area contributed by atoms with E-state index in [9.17, 15) is 10.2 Å². The summed E-state index contributed by atoms with van der Waals surface area (Å²) in [5.41, 5.74) is 8.16. The Bertz CT molecular complexity index is 771. The molecule has 3 nitrogen and oxygen atoms in total. The number of fused-ring (bicyclic) bond motifs is 1. The van der Waals surface area contributed by atoms with E-state index in [1.807, 2.05) is 54.6 Å². The molecule has 0 amide bonds. The van der Waals surface area contributed by atoms with Gasteiger partial charge in [-0.05, 0) is 40.1 Å². The normalized spacial score (nSPS) is 13.9. The molecule has 0 heterocycles. The molecule has 3 heteroatoms. The van der Waals surface area contributed by atoms with E-state index in [2.05, 4.69) is 0 Å². The summed E-state index contributed by atoms with van der Waals surface area (Å²) in [6, 6.07) is 20.4. The first-order valence-electron chi connectivity index (χ1n) is 7.34. The summed E-state index contributed by atoms with van der Waals surface area (Å²) >= 11 is 0. The Labute approximate surface area is 129 Å². The molecule has 3 aromatic rings. The lowest BCUT2D eigenvalue weighted by Crippen LogP contribution is -2.28. The molecule has 0 saturated carbocycles. The smallest absolute Gasteiger partial charge is 0.116 e. The summed E-state index contributed by atoms with van der Waals surface area (Å²) in [7, 11) is 0. The Morgan fingerprint density at radius 3 is 2.32 bits per heavy atom. The van der Waals surface area contributed by atoms with Crippen LogP contribution in [0.4, 0.5) is 0 Å². The molecule has 0 aromatic heterocycles. The predicted molar refractivity (Wildman–Crippen MR) is 88.7 cm³/mol. The molecule has 0 radical (unpaired) electrons. The summed E-state index contributed by atoms with van der Waals surface area (Å²) < 4.78 is 0. The summed E-state index contributed by atoms with van der Waals surface area (Å²) in [6.07, 6.45) is -0.118. The van der Waals surface area contributed by atoms with E-state index in [-0.39, 0.29) is 5.75 Å². The van der Waals surface area contributed by atoms with Crippen LogP contribution in [0.5, 0.6) is 5.75 Å². The molecule has 2 atom stereocenters. The van der Waals surface area contributed by atoms with E-state index in [4.69, 9.17) is 5.73 Å². The average molecular weight is 293 g/mol. The molecule has 4 N–H and O–H groups in total. The zero-order valence-electron chi connectivity index (χ0n) is 12.2. The zero-order chi connectivity index (χ0) is 15.5. The maximum absolute atomic E-state index is 10.4. The van der Waals surface area contributed by atoms with Gasteiger partial charge >= 0.3 is 0 Å². The highest BCUT2D eigenvalue weighted by molar-refractivity contribution is 5.84. The molecule has 0 aliphatic heterocycles. The molecule has 3 rings (SSSR count). The van der Waals surface area contributed by atoms with Crippen LogP contribution in [0.25, 0.3) is 10.8 Å². The van der Waals surface area contributed by atoms with Crippen LogP contribution in [0.1, 0.15) is 17.2 Å². The van der Waals surface area contributed by atoms with Gasteiger partial charge in [0.1, 0.15) is 5.75 Å². The van der Waals surface area contributed by atoms with Gasteiger partial charge in [0, 0.05) is 6.42 Å². The second kappa shape index (κ2) is 6.18. The van der Waals surface area contributed by atoms with E-state index in [1.54, 1.807) is 12.1 Å². The Morgan fingerprint density at radius 2 is 1.55 bits per heavy atom. The third-order valence-corrected chi connectivity index (χ3v) is 3.93. The van der Waals surface area contributed by atoms with Crippen LogP contribution >= 0.6 is 0 Å². The SMILES string of the molecule is N[C@H](c1ccc2cc(O)ccc2c1)[C@@H](O)Cc1ccccc1. The van der Waals surface area contributed by atoms with Crippen molar-refractivity contribution in [3.63, 3.8) is 0 Å². The number of phenolic OH excluding ortho intramolecular Hbond substituents is 1. The lowest BCUT2D eigenvalue weighted by molar-refractivity contribution is 0.145. The number of benzene rings is 3. The molecule has 0 aliphatic rings. The van der Waals surface area contributed by atoms with Crippen molar-refractivity contribution >= 4 is 10.8 Å². The predicted octanol–water partition coefficient (Wildman–Crippen LogP) is 3.15. The number of phenols is 1. The molecule has 0 aliphatic carbocycles. The van der Waals surface area contributed by atoms with Crippen LogP contribution in [0.15, 0.2) is 66.7 Å². The maximum Gasteiger partial charge on any atom is 0.116 e. The second-order valence-electron chi connectivity index (χ2n) is 5.57. The van der Waals surface area contributed by atoms with Crippen molar-refractivity contribution < 1.29 is 10.2 Å². The topological polar surface area (TPSA) is 66.5 Å². The van der Waals surface area contributed by atoms with E-state index < -0.39 is 12.1 Å². The molecule has 0 spiro atoms. The van der Waals surface area contributed by atoms with Crippen LogP contribution in [0.3, 0.4) is 0 Å². The summed E-state index contributed by atoms with van der Waals surface area (Å²) in [5, 5.41) is 21.8. The molecular formula is C19H19NO2. The van der Waals surface area contributed by atoms with E-state index in [1.165, 1.54) is 0 Å². The van der Waals surface area contributed by atoms with Gasteiger partial charge in [0.2, 0.25) is 0 Å². The van der Waals surface area contributed by atoms with Gasteiger partial charge in [-0.1, -0.05) is 48.5 Å². The summed E-state index contributed by atoms with van der Waals surface area (Å²) in [4.78, 5) is 0. The van der Waals surface area contributed by atoms with Gasteiger partial charge in [-0.3, -0.25) is 0 Å². The van der Waals surface area contributed by atoms with Gasteiger partial charge < -0.3 is 15.9 Å². The number of rotatable bonds is 4. The van der Waals surface area contributed by atoms with Crippen LogP contribution in [-0.2, 0) is 6.42 Å². The Morgan fingerprint density at radius 1 is 0.864 bits per heavy atom. The largest absolute Gasteiger partial charge is 0.508 e. The lowest BCUT2D eigenvalue weighted by Gasteiger charge is -2.20. The van der Waals surface area contributed by atoms with Gasteiger partial charge in [0.25, 0.3) is 0 Å². The summed E-state index contributed by atoms with van der Waals surface area (Å²) in [5.74, 6) is 0.244. The van der Waals surface area contributed by atoms with Gasteiger partial charge in [0.15, 0.2) is 0 Å². The van der Waals surface area contributed by atoms with Crippen LogP contribution in [-0.4, -0.2) is 16.3 Å². The molecule has 0 unspecified atom stereocenters. The molecule has 22 heavy (non-hydrogen) atoms. The second-order valence-corrected chi connectivity index (χ2v) is 5.57. The first-order chi connectivity index (χ1) is 10.6. The highest BCUT2D eigenvalue weighted by Crippen LogP contribution is 2.25. The molecule has 0 fully saturated rings. The van der Waals surface area contributed by atoms with Gasteiger partial charge in [-0.2, -0.15) is 0 Å². The van der Waals surface area contributed by atoms with E-state index >= 15 is 0 Å². The average Bonchev–Trinajstić information content (AvgIpc) is 2.54. The maximum atomic E-state index is 10.4. The number of aliphatic hydroxyl groups excluding tert-OH is 1. The van der Waals surface area contributed by atoms with Crippen molar-refractivity contribution in [2.45, 2.75) is 18.6 Å². The highest BCUT2D eigenvalue weighted by Gasteiger charge is 2.17. The van der Waals surface area contributed by atoms with E-state index in [0.717, 1.165) is 21.9 Å². The van der Waals surface area contributed by atoms with E-state index in [0.29, 0.717) is 6.42 Å². The fraction of sp³-hybridized carbons (Fsp3) is 0.158. The number of nitrogens with two attached hydrogens (primary N) is 1. The van der Waals surface area contributed by atoms with Crippen molar-refractivity contribution in [3.8, 4) is 5.75 Å². The van der Waals surface area contributed by atoms with Crippen LogP contribution in [0, 0.1) is 0 Å². The number of aliphatic hydroxyl groups is 1. The first kappa shape index (κ1) is 14.6. The molecule has 0 saturated heterocycles. The Kier molecular flexibility index (Phi) is 4.09. The first-order valence-corrected chi connectivity index (χ1v) is 7.34. The highest BCUT2D eigenvalue weighted by atomic mass is 16.3. The van der Waals surface area contributed by atoms with Crippen molar-refractivity contribution in [1.29, 1.82) is 0 Å². The van der Waals surface area contributed by atoms with Gasteiger partial charge in [-0.15, -0.1) is 0 Å². The standard InChI is InChI=1S/C19H19NO2/c20-19(18(22)10-13-4-2-1-3-5-13)16-7-6-15-12-17(21)9-8-14(15)11-16/h1-9,11-12,18-19,21-22H,10,20H2/t18-,19+/m0/s1. The molecular weight excluding hydrogens is 274 g/mol. The van der Waals surface area contributed by atoms with Crippen molar-refractivity contribution in [3.05, 3.63) is 77.9 Å². The monoisotopic (exact) mass is 293 g/mol. The quantitative estimate of drug-likeness (QED) is 0.692. The van der Waals surface area contributed by atoms with Crippen LogP contribution in [0.2, 0.25) is 0 Å². The Balaban J connectivity index is 1.82. The molecule has 3 aromatic carbocycles. The molecule has 0 bridgehead atoms. The minimum atomic E-state index is -0.642. The fourth-order valence-electron chi connectivity index (χ4n) is 2.66. The van der Waals surface area contributed by atoms with Crippen molar-refractivity contribution in [2.24, 2.45) is 5.73 Å². The fourth-order valence-corrected chi connectivity index (χ4v) is 2.66. The Hall–Kier alpha value is -2.36. The minimum absolute atomic E-state index is 0.244. The van der Waals surface area contributed by atoms with Crippen LogP contribution < -0.4 is 5.73 Å². The minimum Gasteiger partial charge on any atom is -0.508 e. The molecule has 112 valence electrons. The third kappa shape index (κ3) is 3.11. The van der Waals surface area contributed by atoms with Crippen molar-refractivity contribution in [2.75, 3.05) is 0 Å². The number of hydrogen-bond acceptors (Lipinski definition) is 3. The van der Waals surface area contributed by atoms with Gasteiger partial charge in [-0.25, -0.2) is 0 Å². The van der Waals surface area contributed by atoms with Gasteiger partial charge in [0.05, 0.1) is 12.1 Å². The third-order valence-electron chi connectivity index (χ3n) is 3.93.